The molecule has 0 amide bonds. The molecule has 0 atom stereocenters. The van der Waals surface area contributed by atoms with Crippen molar-refractivity contribution in [1.29, 1.82) is 0 Å². The summed E-state index contributed by atoms with van der Waals surface area (Å²) in [5.41, 5.74) is 3.77. The highest BCUT2D eigenvalue weighted by molar-refractivity contribution is 6.05. The molecule has 1 N–H and O–H groups in total. The monoisotopic (exact) mass is 405 g/mol. The molecule has 7 nitrogen and oxygen atoms in total. The van der Waals surface area contributed by atoms with E-state index in [0.717, 1.165) is 72.1 Å². The van der Waals surface area contributed by atoms with Crippen molar-refractivity contribution in [3.8, 4) is 11.5 Å². The predicted octanol–water partition coefficient (Wildman–Crippen LogP) is 2.30. The van der Waals surface area contributed by atoms with Gasteiger partial charge in [0, 0.05) is 10.9 Å². The molecule has 1 fully saturated rings. The van der Waals surface area contributed by atoms with Crippen molar-refractivity contribution < 1.29 is 18.8 Å². The lowest BCUT2D eigenvalue weighted by Gasteiger charge is -2.32. The molecule has 4 aromatic rings. The number of piperazine rings is 1. The summed E-state index contributed by atoms with van der Waals surface area (Å²) < 4.78 is 16.9. The summed E-state index contributed by atoms with van der Waals surface area (Å²) in [6.45, 7) is 4.86. The average Bonchev–Trinajstić information content (AvgIpc) is 3.18. The summed E-state index contributed by atoms with van der Waals surface area (Å²) in [5, 5.41) is 1.04. The van der Waals surface area contributed by atoms with Crippen molar-refractivity contribution in [2.45, 2.75) is 6.54 Å². The summed E-state index contributed by atoms with van der Waals surface area (Å²) in [6, 6.07) is 14.2. The number of para-hydroxylation sites is 1. The van der Waals surface area contributed by atoms with Crippen LogP contribution in [-0.2, 0) is 6.54 Å². The zero-order valence-corrected chi connectivity index (χ0v) is 17.2. The van der Waals surface area contributed by atoms with Crippen LogP contribution < -0.4 is 19.3 Å². The Hall–Kier alpha value is -3.32. The number of methoxy groups -OCH3 is 2. The third-order valence-electron chi connectivity index (χ3n) is 5.81. The van der Waals surface area contributed by atoms with Crippen LogP contribution in [0.25, 0.3) is 22.1 Å². The van der Waals surface area contributed by atoms with E-state index < -0.39 is 0 Å². The Kier molecular flexibility index (Phi) is 4.88. The molecule has 1 aliphatic heterocycles. The Morgan fingerprint density at radius 2 is 1.80 bits per heavy atom. The lowest BCUT2D eigenvalue weighted by molar-refractivity contribution is -0.914. The zero-order valence-electron chi connectivity index (χ0n) is 17.2. The van der Waals surface area contributed by atoms with E-state index >= 15 is 0 Å². The third kappa shape index (κ3) is 3.31. The first-order chi connectivity index (χ1) is 14.8. The highest BCUT2D eigenvalue weighted by atomic mass is 16.5. The smallest absolute Gasteiger partial charge is 0.196 e. The van der Waals surface area contributed by atoms with Crippen molar-refractivity contribution in [1.82, 2.24) is 9.97 Å². The number of hydrogen-bond acceptors (Lipinski definition) is 6. The molecule has 1 aliphatic rings. The van der Waals surface area contributed by atoms with Crippen LogP contribution >= 0.6 is 0 Å². The second-order valence-corrected chi connectivity index (χ2v) is 7.58. The van der Waals surface area contributed by atoms with E-state index in [4.69, 9.17) is 13.9 Å². The summed E-state index contributed by atoms with van der Waals surface area (Å²) in [6.07, 6.45) is 1.64. The Bertz CT molecular complexity index is 1180. The van der Waals surface area contributed by atoms with Crippen LogP contribution in [0.4, 0.5) is 5.82 Å². The van der Waals surface area contributed by atoms with Crippen molar-refractivity contribution in [2.24, 2.45) is 0 Å². The van der Waals surface area contributed by atoms with Gasteiger partial charge >= 0.3 is 0 Å². The maximum absolute atomic E-state index is 6.11. The number of furan rings is 1. The largest absolute Gasteiger partial charge is 0.493 e. The SMILES string of the molecule is COc1ccc(C[NH+]2CCN(c3ncnc4c3oc3ccccc34)CC2)cc1OC. The van der Waals surface area contributed by atoms with E-state index in [1.54, 1.807) is 20.5 Å². The highest BCUT2D eigenvalue weighted by Crippen LogP contribution is 2.32. The van der Waals surface area contributed by atoms with Gasteiger partial charge in [-0.2, -0.15) is 0 Å². The van der Waals surface area contributed by atoms with Crippen LogP contribution in [0.2, 0.25) is 0 Å². The number of hydrogen-bond donors (Lipinski definition) is 1. The molecule has 1 saturated heterocycles. The second-order valence-electron chi connectivity index (χ2n) is 7.58. The van der Waals surface area contributed by atoms with Gasteiger partial charge in [0.05, 0.1) is 40.4 Å². The van der Waals surface area contributed by atoms with Gasteiger partial charge in [-0.1, -0.05) is 12.1 Å². The van der Waals surface area contributed by atoms with Gasteiger partial charge in [-0.3, -0.25) is 0 Å². The summed E-state index contributed by atoms with van der Waals surface area (Å²) in [4.78, 5) is 12.9. The minimum atomic E-state index is 0.764. The Balaban J connectivity index is 1.32. The number of anilines is 1. The molecule has 0 unspecified atom stereocenters. The summed E-state index contributed by atoms with van der Waals surface area (Å²) >= 11 is 0. The molecule has 0 aliphatic carbocycles. The van der Waals surface area contributed by atoms with Gasteiger partial charge in [-0.25, -0.2) is 9.97 Å². The van der Waals surface area contributed by atoms with Crippen LogP contribution in [0.3, 0.4) is 0 Å². The fourth-order valence-electron chi connectivity index (χ4n) is 4.23. The van der Waals surface area contributed by atoms with E-state index in [1.807, 2.05) is 30.3 Å². The van der Waals surface area contributed by atoms with Crippen molar-refractivity contribution >= 4 is 27.9 Å². The van der Waals surface area contributed by atoms with Crippen LogP contribution in [0.5, 0.6) is 11.5 Å². The summed E-state index contributed by atoms with van der Waals surface area (Å²) in [7, 11) is 3.34. The summed E-state index contributed by atoms with van der Waals surface area (Å²) in [5.74, 6) is 2.43. The van der Waals surface area contributed by atoms with Crippen LogP contribution in [0.1, 0.15) is 5.56 Å². The predicted molar refractivity (Wildman–Crippen MR) is 115 cm³/mol. The van der Waals surface area contributed by atoms with E-state index in [0.29, 0.717) is 0 Å². The molecule has 2 aromatic heterocycles. The number of aromatic nitrogens is 2. The van der Waals surface area contributed by atoms with Gasteiger partial charge in [0.15, 0.2) is 22.9 Å². The maximum atomic E-state index is 6.11. The lowest BCUT2D eigenvalue weighted by atomic mass is 10.1. The van der Waals surface area contributed by atoms with Gasteiger partial charge in [0.25, 0.3) is 0 Å². The molecule has 0 spiro atoms. The first-order valence-corrected chi connectivity index (χ1v) is 10.2. The fourth-order valence-corrected chi connectivity index (χ4v) is 4.23. The maximum Gasteiger partial charge on any atom is 0.196 e. The Morgan fingerprint density at radius 3 is 2.60 bits per heavy atom. The molecule has 0 saturated carbocycles. The fraction of sp³-hybridized carbons (Fsp3) is 0.304. The number of nitrogens with zero attached hydrogens (tertiary/aromatic N) is 3. The quantitative estimate of drug-likeness (QED) is 0.550. The van der Waals surface area contributed by atoms with E-state index in [-0.39, 0.29) is 0 Å². The number of nitrogens with one attached hydrogen (secondary N) is 1. The van der Waals surface area contributed by atoms with Gasteiger partial charge < -0.3 is 23.7 Å². The Morgan fingerprint density at radius 1 is 1.00 bits per heavy atom. The van der Waals surface area contributed by atoms with E-state index in [1.165, 1.54) is 10.5 Å². The average molecular weight is 405 g/mol. The van der Waals surface area contributed by atoms with E-state index in [2.05, 4.69) is 27.0 Å². The third-order valence-corrected chi connectivity index (χ3v) is 5.81. The van der Waals surface area contributed by atoms with E-state index in [9.17, 15) is 0 Å². The molecule has 3 heterocycles. The number of ether oxygens (including phenoxy) is 2. The minimum Gasteiger partial charge on any atom is -0.493 e. The van der Waals surface area contributed by atoms with Crippen molar-refractivity contribution in [2.75, 3.05) is 45.3 Å². The number of quaternary nitrogens is 1. The van der Waals surface area contributed by atoms with Gasteiger partial charge in [-0.05, 0) is 30.3 Å². The van der Waals surface area contributed by atoms with Gasteiger partial charge in [0.1, 0.15) is 24.0 Å². The topological polar surface area (TPSA) is 65.1 Å². The molecule has 2 aromatic carbocycles. The normalized spacial score (nSPS) is 15.1. The van der Waals surface area contributed by atoms with Crippen molar-refractivity contribution in [3.05, 3.63) is 54.4 Å². The standard InChI is InChI=1S/C23H24N4O3/c1-28-19-8-7-16(13-20(19)29-2)14-26-9-11-27(12-10-26)23-22-21(24-15-25-23)17-5-3-4-6-18(17)30-22/h3-8,13,15H,9-12,14H2,1-2H3/p+1. The second kappa shape index (κ2) is 7.84. The van der Waals surface area contributed by atoms with Crippen LogP contribution in [-0.4, -0.2) is 50.4 Å². The molecule has 5 rings (SSSR count). The number of fused-ring (bicyclic) bond motifs is 3. The first kappa shape index (κ1) is 18.7. The number of benzene rings is 2. The Labute approximate surface area is 174 Å². The van der Waals surface area contributed by atoms with Gasteiger partial charge in [0.2, 0.25) is 0 Å². The lowest BCUT2D eigenvalue weighted by Crippen LogP contribution is -3.13. The minimum absolute atomic E-state index is 0.764. The molecular weight excluding hydrogens is 380 g/mol. The molecule has 0 bridgehead atoms. The van der Waals surface area contributed by atoms with Crippen molar-refractivity contribution in [3.63, 3.8) is 0 Å². The molecule has 154 valence electrons. The van der Waals surface area contributed by atoms with Crippen LogP contribution in [0, 0.1) is 0 Å². The zero-order chi connectivity index (χ0) is 20.5. The molecule has 7 heteroatoms. The van der Waals surface area contributed by atoms with Crippen LogP contribution in [0.15, 0.2) is 53.2 Å². The number of rotatable bonds is 5. The molecule has 0 radical (unpaired) electrons. The molecular formula is C23H25N4O3+. The first-order valence-electron chi connectivity index (χ1n) is 10.2. The van der Waals surface area contributed by atoms with Gasteiger partial charge in [-0.15, -0.1) is 0 Å². The molecule has 30 heavy (non-hydrogen) atoms. The highest BCUT2D eigenvalue weighted by Gasteiger charge is 2.25.